The first-order chi connectivity index (χ1) is 9.61. The number of hydrogen-bond acceptors (Lipinski definition) is 4. The molecule has 0 aliphatic carbocycles. The number of carbonyl (C=O) groups excluding carboxylic acids is 1. The summed E-state index contributed by atoms with van der Waals surface area (Å²) in [6, 6.07) is 9.15. The largest absolute Gasteiger partial charge is 0.324 e. The molecule has 4 nitrogen and oxygen atoms in total. The van der Waals surface area contributed by atoms with E-state index < -0.39 is 6.04 Å². The predicted octanol–water partition coefficient (Wildman–Crippen LogP) is 2.56. The van der Waals surface area contributed by atoms with Crippen LogP contribution < -0.4 is 11.1 Å². The molecule has 1 amide bonds. The van der Waals surface area contributed by atoms with Crippen LogP contribution in [0.4, 0.5) is 5.69 Å². The van der Waals surface area contributed by atoms with E-state index in [0.717, 1.165) is 28.0 Å². The lowest BCUT2D eigenvalue weighted by Crippen LogP contribution is -2.36. The molecule has 0 aliphatic rings. The summed E-state index contributed by atoms with van der Waals surface area (Å²) in [5.74, 6) is 0.736. The summed E-state index contributed by atoms with van der Waals surface area (Å²) in [7, 11) is 0. The highest BCUT2D eigenvalue weighted by molar-refractivity contribution is 7.98. The maximum Gasteiger partial charge on any atom is 0.241 e. The lowest BCUT2D eigenvalue weighted by molar-refractivity contribution is -0.117. The third-order valence-corrected chi connectivity index (χ3v) is 3.72. The molecule has 0 aliphatic heterocycles. The summed E-state index contributed by atoms with van der Waals surface area (Å²) in [6.45, 7) is 1.91. The summed E-state index contributed by atoms with van der Waals surface area (Å²) >= 11 is 1.69. The van der Waals surface area contributed by atoms with E-state index in [-0.39, 0.29) is 5.91 Å². The average Bonchev–Trinajstić information content (AvgIpc) is 2.44. The second-order valence-electron chi connectivity index (χ2n) is 4.71. The van der Waals surface area contributed by atoms with Crippen molar-refractivity contribution in [2.24, 2.45) is 5.73 Å². The maximum absolute atomic E-state index is 12.1. The van der Waals surface area contributed by atoms with Crippen LogP contribution >= 0.6 is 11.8 Å². The average molecular weight is 289 g/mol. The molecule has 0 unspecified atom stereocenters. The minimum atomic E-state index is -0.477. The van der Waals surface area contributed by atoms with E-state index in [1.54, 1.807) is 11.8 Å². The molecule has 0 fully saturated rings. The van der Waals surface area contributed by atoms with Gasteiger partial charge >= 0.3 is 0 Å². The number of aryl methyl sites for hydroxylation is 1. The maximum atomic E-state index is 12.1. The lowest BCUT2D eigenvalue weighted by atomic mass is 10.1. The number of nitrogens with zero attached hydrogens (tertiary/aromatic N) is 1. The van der Waals surface area contributed by atoms with Crippen LogP contribution in [0.3, 0.4) is 0 Å². The Hall–Kier alpha value is -1.59. The molecule has 1 heterocycles. The van der Waals surface area contributed by atoms with Gasteiger partial charge in [0.05, 0.1) is 17.2 Å². The molecule has 1 atom stereocenters. The Morgan fingerprint density at radius 1 is 1.45 bits per heavy atom. The zero-order valence-electron chi connectivity index (χ0n) is 11.7. The summed E-state index contributed by atoms with van der Waals surface area (Å²) in [4.78, 5) is 16.6. The molecule has 0 radical (unpaired) electrons. The van der Waals surface area contributed by atoms with Gasteiger partial charge in [-0.3, -0.25) is 9.78 Å². The van der Waals surface area contributed by atoms with E-state index in [1.807, 2.05) is 43.5 Å². The van der Waals surface area contributed by atoms with Crippen LogP contribution in [0.25, 0.3) is 10.9 Å². The van der Waals surface area contributed by atoms with Gasteiger partial charge in [-0.15, -0.1) is 0 Å². The molecule has 0 bridgehead atoms. The van der Waals surface area contributed by atoms with Crippen LogP contribution in [0.5, 0.6) is 0 Å². The monoisotopic (exact) mass is 289 g/mol. The van der Waals surface area contributed by atoms with Crippen LogP contribution in [-0.2, 0) is 4.79 Å². The Morgan fingerprint density at radius 3 is 2.95 bits per heavy atom. The number of fused-ring (bicyclic) bond motifs is 1. The van der Waals surface area contributed by atoms with Crippen molar-refractivity contribution in [1.82, 2.24) is 4.98 Å². The number of nitrogens with two attached hydrogens (primary N) is 1. The zero-order valence-corrected chi connectivity index (χ0v) is 12.5. The molecule has 0 saturated heterocycles. The second-order valence-corrected chi connectivity index (χ2v) is 5.69. The van der Waals surface area contributed by atoms with Gasteiger partial charge in [0, 0.05) is 11.1 Å². The van der Waals surface area contributed by atoms with E-state index >= 15 is 0 Å². The van der Waals surface area contributed by atoms with Crippen LogP contribution in [0.15, 0.2) is 30.3 Å². The molecule has 20 heavy (non-hydrogen) atoms. The van der Waals surface area contributed by atoms with Crippen molar-refractivity contribution in [2.75, 3.05) is 17.3 Å². The Balaban J connectivity index is 2.23. The summed E-state index contributed by atoms with van der Waals surface area (Å²) in [5, 5.41) is 3.86. The van der Waals surface area contributed by atoms with Crippen LogP contribution in [0.1, 0.15) is 12.1 Å². The number of rotatable bonds is 5. The van der Waals surface area contributed by atoms with Gasteiger partial charge in [-0.2, -0.15) is 11.8 Å². The van der Waals surface area contributed by atoms with Crippen molar-refractivity contribution in [3.8, 4) is 0 Å². The molecule has 2 rings (SSSR count). The molecule has 3 N–H and O–H groups in total. The SMILES string of the molecule is CSCC[C@H](N)C(=O)Nc1cc(C)nc2ccccc12. The molecule has 106 valence electrons. The third kappa shape index (κ3) is 3.49. The standard InChI is InChI=1S/C15H19N3OS/c1-10-9-14(11-5-3-4-6-13(11)17-10)18-15(19)12(16)7-8-20-2/h3-6,9,12H,7-8,16H2,1-2H3,(H,17,18,19)/t12-/m0/s1. The molecule has 1 aromatic carbocycles. The van der Waals surface area contributed by atoms with E-state index in [4.69, 9.17) is 5.73 Å². The predicted molar refractivity (Wildman–Crippen MR) is 86.1 cm³/mol. The molecule has 0 saturated carbocycles. The normalized spacial score (nSPS) is 12.3. The fourth-order valence-electron chi connectivity index (χ4n) is 2.01. The van der Waals surface area contributed by atoms with Crippen molar-refractivity contribution in [2.45, 2.75) is 19.4 Å². The van der Waals surface area contributed by atoms with Crippen molar-refractivity contribution in [1.29, 1.82) is 0 Å². The quantitative estimate of drug-likeness (QED) is 0.887. The van der Waals surface area contributed by atoms with Gasteiger partial charge in [0.25, 0.3) is 0 Å². The van der Waals surface area contributed by atoms with Crippen molar-refractivity contribution in [3.63, 3.8) is 0 Å². The molecular formula is C15H19N3OS. The zero-order chi connectivity index (χ0) is 14.5. The Bertz CT molecular complexity index is 615. The van der Waals surface area contributed by atoms with Crippen LogP contribution in [0.2, 0.25) is 0 Å². The summed E-state index contributed by atoms with van der Waals surface area (Å²) < 4.78 is 0. The molecular weight excluding hydrogens is 270 g/mol. The fraction of sp³-hybridized carbons (Fsp3) is 0.333. The highest BCUT2D eigenvalue weighted by Gasteiger charge is 2.14. The second kappa shape index (κ2) is 6.72. The van der Waals surface area contributed by atoms with Gasteiger partial charge in [0.15, 0.2) is 0 Å². The molecule has 0 spiro atoms. The third-order valence-electron chi connectivity index (χ3n) is 3.07. The minimum Gasteiger partial charge on any atom is -0.324 e. The van der Waals surface area contributed by atoms with Crippen LogP contribution in [0, 0.1) is 6.92 Å². The molecule has 1 aromatic heterocycles. The van der Waals surface area contributed by atoms with E-state index in [1.165, 1.54) is 0 Å². The fourth-order valence-corrected chi connectivity index (χ4v) is 2.50. The van der Waals surface area contributed by atoms with Crippen molar-refractivity contribution >= 4 is 34.3 Å². The Labute approximate surface area is 123 Å². The minimum absolute atomic E-state index is 0.144. The Kier molecular flexibility index (Phi) is 4.98. The summed E-state index contributed by atoms with van der Waals surface area (Å²) in [5.41, 5.74) is 8.42. The highest BCUT2D eigenvalue weighted by atomic mass is 32.2. The van der Waals surface area contributed by atoms with Gasteiger partial charge in [0.2, 0.25) is 5.91 Å². The number of benzene rings is 1. The smallest absolute Gasteiger partial charge is 0.241 e. The number of amides is 1. The van der Waals surface area contributed by atoms with Gasteiger partial charge in [-0.05, 0) is 37.5 Å². The number of nitrogens with one attached hydrogen (secondary N) is 1. The molecule has 5 heteroatoms. The first-order valence-corrected chi connectivity index (χ1v) is 7.93. The number of anilines is 1. The van der Waals surface area contributed by atoms with Gasteiger partial charge in [-0.1, -0.05) is 18.2 Å². The van der Waals surface area contributed by atoms with Crippen LogP contribution in [-0.4, -0.2) is 28.9 Å². The Morgan fingerprint density at radius 2 is 2.20 bits per heavy atom. The lowest BCUT2D eigenvalue weighted by Gasteiger charge is -2.13. The van der Waals surface area contributed by atoms with E-state index in [0.29, 0.717) is 6.42 Å². The van der Waals surface area contributed by atoms with Gasteiger partial charge < -0.3 is 11.1 Å². The first kappa shape index (κ1) is 14.8. The number of aromatic nitrogens is 1. The topological polar surface area (TPSA) is 68.0 Å². The van der Waals surface area contributed by atoms with Crippen molar-refractivity contribution < 1.29 is 4.79 Å². The number of carbonyl (C=O) groups is 1. The van der Waals surface area contributed by atoms with Crippen molar-refractivity contribution in [3.05, 3.63) is 36.0 Å². The number of thioether (sulfide) groups is 1. The highest BCUT2D eigenvalue weighted by Crippen LogP contribution is 2.23. The van der Waals surface area contributed by atoms with Gasteiger partial charge in [0.1, 0.15) is 0 Å². The summed E-state index contributed by atoms with van der Waals surface area (Å²) in [6.07, 6.45) is 2.68. The van der Waals surface area contributed by atoms with E-state index in [9.17, 15) is 4.79 Å². The van der Waals surface area contributed by atoms with Gasteiger partial charge in [-0.25, -0.2) is 0 Å². The molecule has 2 aromatic rings. The first-order valence-electron chi connectivity index (χ1n) is 6.53. The number of hydrogen-bond donors (Lipinski definition) is 2. The van der Waals surface area contributed by atoms with E-state index in [2.05, 4.69) is 10.3 Å². The number of pyridine rings is 1. The number of para-hydroxylation sites is 1.